The molecule has 1 unspecified atom stereocenters. The van der Waals surface area contributed by atoms with Crippen LogP contribution in [0.3, 0.4) is 0 Å². The normalized spacial score (nSPS) is 11.6. The molecular weight excluding hydrogens is 296 g/mol. The molecule has 1 aromatic carbocycles. The molecule has 0 saturated carbocycles. The number of nitrogens with two attached hydrogens (primary N) is 1. The smallest absolute Gasteiger partial charge is 0.255 e. The summed E-state index contributed by atoms with van der Waals surface area (Å²) in [7, 11) is 1.42. The van der Waals surface area contributed by atoms with Gasteiger partial charge in [0.15, 0.2) is 18.1 Å². The second kappa shape index (κ2) is 7.73. The Morgan fingerprint density at radius 2 is 2.10 bits per heavy atom. The maximum atomic E-state index is 12.1. The lowest BCUT2D eigenvalue weighted by atomic mass is 10.1. The van der Waals surface area contributed by atoms with Crippen molar-refractivity contribution < 1.29 is 19.1 Å². The molecule has 1 rings (SSSR count). The molecule has 0 spiro atoms. The van der Waals surface area contributed by atoms with Crippen LogP contribution >= 0.6 is 11.6 Å². The number of methoxy groups -OCH3 is 1. The minimum atomic E-state index is -0.633. The molecule has 0 bridgehead atoms. The van der Waals surface area contributed by atoms with Gasteiger partial charge in [0, 0.05) is 11.6 Å². The van der Waals surface area contributed by atoms with E-state index in [0.717, 1.165) is 6.42 Å². The SMILES string of the molecule is CCC(C)NC(=O)c1cc(Cl)c(OCC(N)=O)c(OC)c1. The summed E-state index contributed by atoms with van der Waals surface area (Å²) in [5.74, 6) is -0.450. The predicted octanol–water partition coefficient (Wildman–Crippen LogP) is 1.74. The second-order valence-electron chi connectivity index (χ2n) is 4.53. The molecule has 116 valence electrons. The molecule has 2 amide bonds. The largest absolute Gasteiger partial charge is 0.493 e. The maximum absolute atomic E-state index is 12.1. The number of benzene rings is 1. The number of nitrogens with one attached hydrogen (secondary N) is 1. The van der Waals surface area contributed by atoms with Gasteiger partial charge < -0.3 is 20.5 Å². The Morgan fingerprint density at radius 3 is 2.62 bits per heavy atom. The minimum absolute atomic E-state index is 0.0491. The van der Waals surface area contributed by atoms with Crippen molar-refractivity contribution in [3.8, 4) is 11.5 Å². The van der Waals surface area contributed by atoms with Crippen molar-refractivity contribution in [1.82, 2.24) is 5.32 Å². The third-order valence-electron chi connectivity index (χ3n) is 2.84. The summed E-state index contributed by atoms with van der Waals surface area (Å²) in [5.41, 5.74) is 5.37. The number of hydrogen-bond acceptors (Lipinski definition) is 4. The molecule has 7 heteroatoms. The summed E-state index contributed by atoms with van der Waals surface area (Å²) in [5, 5.41) is 3.00. The van der Waals surface area contributed by atoms with Crippen LogP contribution in [0.15, 0.2) is 12.1 Å². The number of ether oxygens (including phenoxy) is 2. The van der Waals surface area contributed by atoms with Gasteiger partial charge in [-0.1, -0.05) is 18.5 Å². The Bertz CT molecular complexity index is 534. The summed E-state index contributed by atoms with van der Waals surface area (Å²) in [6.07, 6.45) is 0.816. The van der Waals surface area contributed by atoms with Crippen LogP contribution in [0.1, 0.15) is 30.6 Å². The van der Waals surface area contributed by atoms with E-state index in [-0.39, 0.29) is 35.1 Å². The van der Waals surface area contributed by atoms with Crippen molar-refractivity contribution in [2.75, 3.05) is 13.7 Å². The number of carbonyl (C=O) groups excluding carboxylic acids is 2. The van der Waals surface area contributed by atoms with E-state index < -0.39 is 5.91 Å². The summed E-state index contributed by atoms with van der Waals surface area (Å²) < 4.78 is 10.3. The highest BCUT2D eigenvalue weighted by Gasteiger charge is 2.17. The van der Waals surface area contributed by atoms with Gasteiger partial charge in [0.2, 0.25) is 0 Å². The lowest BCUT2D eigenvalue weighted by molar-refractivity contribution is -0.119. The Hall–Kier alpha value is -1.95. The molecule has 1 aromatic rings. The molecule has 3 N–H and O–H groups in total. The van der Waals surface area contributed by atoms with E-state index in [2.05, 4.69) is 5.32 Å². The molecular formula is C14H19ClN2O4. The highest BCUT2D eigenvalue weighted by atomic mass is 35.5. The summed E-state index contributed by atoms with van der Waals surface area (Å²) in [4.78, 5) is 22.8. The zero-order valence-corrected chi connectivity index (χ0v) is 13.0. The van der Waals surface area contributed by atoms with Crippen LogP contribution in [0, 0.1) is 0 Å². The van der Waals surface area contributed by atoms with Crippen LogP contribution < -0.4 is 20.5 Å². The quantitative estimate of drug-likeness (QED) is 0.802. The first kappa shape index (κ1) is 17.1. The number of primary amides is 1. The van der Waals surface area contributed by atoms with E-state index >= 15 is 0 Å². The highest BCUT2D eigenvalue weighted by Crippen LogP contribution is 2.36. The van der Waals surface area contributed by atoms with E-state index in [4.69, 9.17) is 26.8 Å². The van der Waals surface area contributed by atoms with Gasteiger partial charge in [-0.3, -0.25) is 9.59 Å². The topological polar surface area (TPSA) is 90.6 Å². The van der Waals surface area contributed by atoms with Crippen LogP contribution in [0.4, 0.5) is 0 Å². The zero-order chi connectivity index (χ0) is 16.0. The summed E-state index contributed by atoms with van der Waals surface area (Å²) in [6, 6.07) is 3.01. The van der Waals surface area contributed by atoms with Gasteiger partial charge in [-0.2, -0.15) is 0 Å². The molecule has 0 heterocycles. The molecule has 0 aliphatic rings. The highest BCUT2D eigenvalue weighted by molar-refractivity contribution is 6.32. The van der Waals surface area contributed by atoms with Crippen LogP contribution in [0.25, 0.3) is 0 Å². The van der Waals surface area contributed by atoms with Gasteiger partial charge in [-0.05, 0) is 25.5 Å². The number of halogens is 1. The average molecular weight is 315 g/mol. The van der Waals surface area contributed by atoms with Crippen LogP contribution in [-0.2, 0) is 4.79 Å². The van der Waals surface area contributed by atoms with Crippen molar-refractivity contribution in [1.29, 1.82) is 0 Å². The van der Waals surface area contributed by atoms with E-state index in [1.54, 1.807) is 0 Å². The molecule has 0 radical (unpaired) electrons. The van der Waals surface area contributed by atoms with Crippen LogP contribution in [0.5, 0.6) is 11.5 Å². The summed E-state index contributed by atoms with van der Waals surface area (Å²) in [6.45, 7) is 3.55. The van der Waals surface area contributed by atoms with E-state index in [9.17, 15) is 9.59 Å². The van der Waals surface area contributed by atoms with E-state index in [0.29, 0.717) is 5.56 Å². The number of rotatable bonds is 7. The third-order valence-corrected chi connectivity index (χ3v) is 3.12. The van der Waals surface area contributed by atoms with Crippen molar-refractivity contribution in [3.63, 3.8) is 0 Å². The first-order valence-electron chi connectivity index (χ1n) is 6.48. The zero-order valence-electron chi connectivity index (χ0n) is 12.2. The van der Waals surface area contributed by atoms with Gasteiger partial charge in [-0.25, -0.2) is 0 Å². The van der Waals surface area contributed by atoms with Crippen molar-refractivity contribution in [2.45, 2.75) is 26.3 Å². The van der Waals surface area contributed by atoms with Crippen LogP contribution in [-0.4, -0.2) is 31.6 Å². The second-order valence-corrected chi connectivity index (χ2v) is 4.93. The van der Waals surface area contributed by atoms with Gasteiger partial charge in [0.25, 0.3) is 11.8 Å². The Kier molecular flexibility index (Phi) is 6.30. The van der Waals surface area contributed by atoms with Crippen molar-refractivity contribution >= 4 is 23.4 Å². The van der Waals surface area contributed by atoms with Crippen molar-refractivity contribution in [2.24, 2.45) is 5.73 Å². The Balaban J connectivity index is 3.02. The molecule has 0 aliphatic heterocycles. The fraction of sp³-hybridized carbons (Fsp3) is 0.429. The molecule has 0 fully saturated rings. The van der Waals surface area contributed by atoms with E-state index in [1.165, 1.54) is 19.2 Å². The van der Waals surface area contributed by atoms with Gasteiger partial charge in [-0.15, -0.1) is 0 Å². The van der Waals surface area contributed by atoms with Gasteiger partial charge in [0.05, 0.1) is 12.1 Å². The lowest BCUT2D eigenvalue weighted by Gasteiger charge is -2.15. The number of amides is 2. The first-order chi connectivity index (χ1) is 9.88. The first-order valence-corrected chi connectivity index (χ1v) is 6.86. The standard InChI is InChI=1S/C14H19ClN2O4/c1-4-8(2)17-14(19)9-5-10(15)13(11(6-9)20-3)21-7-12(16)18/h5-6,8H,4,7H2,1-3H3,(H2,16,18)(H,17,19). The minimum Gasteiger partial charge on any atom is -0.493 e. The predicted molar refractivity (Wildman–Crippen MR) is 79.9 cm³/mol. The number of carbonyl (C=O) groups is 2. The van der Waals surface area contributed by atoms with Crippen molar-refractivity contribution in [3.05, 3.63) is 22.7 Å². The van der Waals surface area contributed by atoms with E-state index in [1.807, 2.05) is 13.8 Å². The molecule has 0 aliphatic carbocycles. The third kappa shape index (κ3) is 4.82. The Labute approximate surface area is 128 Å². The summed E-state index contributed by atoms with van der Waals surface area (Å²) >= 11 is 6.07. The monoisotopic (exact) mass is 314 g/mol. The number of hydrogen-bond donors (Lipinski definition) is 2. The maximum Gasteiger partial charge on any atom is 0.255 e. The molecule has 6 nitrogen and oxygen atoms in total. The fourth-order valence-corrected chi connectivity index (χ4v) is 1.81. The van der Waals surface area contributed by atoms with Gasteiger partial charge in [0.1, 0.15) is 0 Å². The Morgan fingerprint density at radius 1 is 1.43 bits per heavy atom. The van der Waals surface area contributed by atoms with Gasteiger partial charge >= 0.3 is 0 Å². The molecule has 1 atom stereocenters. The van der Waals surface area contributed by atoms with Crippen LogP contribution in [0.2, 0.25) is 5.02 Å². The molecule has 0 aromatic heterocycles. The molecule has 0 saturated heterocycles. The molecule has 21 heavy (non-hydrogen) atoms. The fourth-order valence-electron chi connectivity index (χ4n) is 1.54. The average Bonchev–Trinajstić information content (AvgIpc) is 2.44. The lowest BCUT2D eigenvalue weighted by Crippen LogP contribution is -2.31.